The average Bonchev–Trinajstić information content (AvgIpc) is 2.02. The van der Waals surface area contributed by atoms with Crippen LogP contribution in [0.3, 0.4) is 0 Å². The number of hydrogen-bond acceptors (Lipinski definition) is 2. The minimum Gasteiger partial charge on any atom is -0.480 e. The van der Waals surface area contributed by atoms with E-state index in [0.717, 1.165) is 12.8 Å². The Balaban J connectivity index is 2.88. The molecule has 82 valence electrons. The van der Waals surface area contributed by atoms with Crippen LogP contribution in [0.25, 0.3) is 0 Å². The second-order valence-corrected chi connectivity index (χ2v) is 5.08. The molecule has 0 spiro atoms. The van der Waals surface area contributed by atoms with Crippen LogP contribution in [-0.4, -0.2) is 16.6 Å². The molecule has 0 aliphatic heterocycles. The van der Waals surface area contributed by atoms with Gasteiger partial charge in [0.2, 0.25) is 0 Å². The first kappa shape index (κ1) is 11.5. The molecule has 0 bridgehead atoms. The van der Waals surface area contributed by atoms with E-state index in [0.29, 0.717) is 18.3 Å². The molecule has 0 aromatic heterocycles. The zero-order chi connectivity index (χ0) is 10.9. The van der Waals surface area contributed by atoms with Gasteiger partial charge in [-0.05, 0) is 30.6 Å². The number of carboxylic acids is 1. The Morgan fingerprint density at radius 2 is 2.07 bits per heavy atom. The molecule has 1 aliphatic carbocycles. The fourth-order valence-corrected chi connectivity index (χ4v) is 2.73. The Bertz CT molecular complexity index is 227. The Labute approximate surface area is 85.7 Å². The number of carbonyl (C=O) groups is 1. The Morgan fingerprint density at radius 1 is 1.50 bits per heavy atom. The summed E-state index contributed by atoms with van der Waals surface area (Å²) in [7, 11) is 0. The number of rotatable bonds is 2. The molecule has 0 amide bonds. The second kappa shape index (κ2) is 3.89. The summed E-state index contributed by atoms with van der Waals surface area (Å²) in [6.07, 6.45) is 2.67. The zero-order valence-corrected chi connectivity index (χ0v) is 9.29. The molecule has 3 N–H and O–H groups in total. The maximum absolute atomic E-state index is 11.2. The van der Waals surface area contributed by atoms with Gasteiger partial charge in [-0.3, -0.25) is 4.79 Å². The lowest BCUT2D eigenvalue weighted by Crippen LogP contribution is -2.58. The third kappa shape index (κ3) is 1.92. The van der Waals surface area contributed by atoms with Crippen molar-refractivity contribution < 1.29 is 9.90 Å². The van der Waals surface area contributed by atoms with Crippen molar-refractivity contribution in [2.45, 2.75) is 45.6 Å². The van der Waals surface area contributed by atoms with Crippen molar-refractivity contribution in [2.24, 2.45) is 23.5 Å². The lowest BCUT2D eigenvalue weighted by Gasteiger charge is -2.42. The third-order valence-corrected chi connectivity index (χ3v) is 3.52. The van der Waals surface area contributed by atoms with E-state index in [4.69, 9.17) is 5.73 Å². The summed E-state index contributed by atoms with van der Waals surface area (Å²) in [5, 5.41) is 9.21. The van der Waals surface area contributed by atoms with E-state index in [1.807, 2.05) is 0 Å². The molecule has 0 radical (unpaired) electrons. The van der Waals surface area contributed by atoms with Crippen LogP contribution in [0.1, 0.15) is 40.0 Å². The molecule has 3 atom stereocenters. The molecular weight excluding hydrogens is 178 g/mol. The third-order valence-electron chi connectivity index (χ3n) is 3.52. The summed E-state index contributed by atoms with van der Waals surface area (Å²) >= 11 is 0. The van der Waals surface area contributed by atoms with E-state index in [9.17, 15) is 9.90 Å². The van der Waals surface area contributed by atoms with Gasteiger partial charge in [0.15, 0.2) is 0 Å². The van der Waals surface area contributed by atoms with Crippen molar-refractivity contribution in [3.63, 3.8) is 0 Å². The van der Waals surface area contributed by atoms with Crippen molar-refractivity contribution in [3.05, 3.63) is 0 Å². The summed E-state index contributed by atoms with van der Waals surface area (Å²) in [6, 6.07) is 0. The molecule has 14 heavy (non-hydrogen) atoms. The highest BCUT2D eigenvalue weighted by atomic mass is 16.4. The van der Waals surface area contributed by atoms with Crippen molar-refractivity contribution in [3.8, 4) is 0 Å². The van der Waals surface area contributed by atoms with Crippen molar-refractivity contribution in [1.29, 1.82) is 0 Å². The van der Waals surface area contributed by atoms with Gasteiger partial charge in [-0.15, -0.1) is 0 Å². The van der Waals surface area contributed by atoms with E-state index in [1.165, 1.54) is 0 Å². The summed E-state index contributed by atoms with van der Waals surface area (Å²) < 4.78 is 0. The lowest BCUT2D eigenvalue weighted by atomic mass is 9.65. The lowest BCUT2D eigenvalue weighted by molar-refractivity contribution is -0.149. The summed E-state index contributed by atoms with van der Waals surface area (Å²) in [5.74, 6) is 0.0775. The largest absolute Gasteiger partial charge is 0.480 e. The number of nitrogens with two attached hydrogens (primary N) is 1. The van der Waals surface area contributed by atoms with Gasteiger partial charge < -0.3 is 10.8 Å². The summed E-state index contributed by atoms with van der Waals surface area (Å²) in [4.78, 5) is 11.2. The highest BCUT2D eigenvalue weighted by molar-refractivity contribution is 5.79. The van der Waals surface area contributed by atoms with Crippen LogP contribution >= 0.6 is 0 Å². The molecule has 3 nitrogen and oxygen atoms in total. The topological polar surface area (TPSA) is 63.3 Å². The summed E-state index contributed by atoms with van der Waals surface area (Å²) in [6.45, 7) is 6.21. The van der Waals surface area contributed by atoms with Crippen LogP contribution in [0, 0.1) is 17.8 Å². The normalized spacial score (nSPS) is 38.6. The number of hydrogen-bond donors (Lipinski definition) is 2. The predicted molar refractivity (Wildman–Crippen MR) is 55.9 cm³/mol. The van der Waals surface area contributed by atoms with Crippen LogP contribution < -0.4 is 5.73 Å². The maximum atomic E-state index is 11.2. The molecular formula is C11H21NO2. The number of carboxylic acid groups (broad SMARTS) is 1. The van der Waals surface area contributed by atoms with Gasteiger partial charge in [0.25, 0.3) is 0 Å². The van der Waals surface area contributed by atoms with Crippen molar-refractivity contribution >= 4 is 5.97 Å². The smallest absolute Gasteiger partial charge is 0.323 e. The summed E-state index contributed by atoms with van der Waals surface area (Å²) in [5.41, 5.74) is 5.04. The van der Waals surface area contributed by atoms with Crippen LogP contribution in [-0.2, 0) is 4.79 Å². The molecule has 1 aliphatic rings. The molecule has 0 aromatic rings. The molecule has 1 fully saturated rings. The van der Waals surface area contributed by atoms with Crippen LogP contribution in [0.15, 0.2) is 0 Å². The van der Waals surface area contributed by atoms with Gasteiger partial charge in [0.1, 0.15) is 5.54 Å². The van der Waals surface area contributed by atoms with Gasteiger partial charge in [-0.25, -0.2) is 0 Å². The molecule has 3 heteroatoms. The zero-order valence-electron chi connectivity index (χ0n) is 9.29. The van der Waals surface area contributed by atoms with Gasteiger partial charge in [-0.2, -0.15) is 0 Å². The van der Waals surface area contributed by atoms with Gasteiger partial charge in [0, 0.05) is 0 Å². The monoisotopic (exact) mass is 199 g/mol. The second-order valence-electron chi connectivity index (χ2n) is 5.08. The van der Waals surface area contributed by atoms with Gasteiger partial charge in [-0.1, -0.05) is 27.2 Å². The van der Waals surface area contributed by atoms with E-state index < -0.39 is 11.5 Å². The highest BCUT2D eigenvalue weighted by Gasteiger charge is 2.46. The maximum Gasteiger partial charge on any atom is 0.323 e. The molecule has 0 saturated heterocycles. The van der Waals surface area contributed by atoms with Crippen LogP contribution in [0.4, 0.5) is 0 Å². The minimum atomic E-state index is -0.994. The highest BCUT2D eigenvalue weighted by Crippen LogP contribution is 2.39. The van der Waals surface area contributed by atoms with Gasteiger partial charge >= 0.3 is 5.97 Å². The number of aliphatic carboxylic acids is 1. The van der Waals surface area contributed by atoms with Crippen LogP contribution in [0.5, 0.6) is 0 Å². The van der Waals surface area contributed by atoms with Gasteiger partial charge in [0.05, 0.1) is 0 Å². The quantitative estimate of drug-likeness (QED) is 0.713. The SMILES string of the molecule is CC(C)[C@H]1CC[C@H](C)CC1(N)C(=O)O. The van der Waals surface area contributed by atoms with Crippen LogP contribution in [0.2, 0.25) is 0 Å². The fourth-order valence-electron chi connectivity index (χ4n) is 2.73. The van der Waals surface area contributed by atoms with E-state index in [-0.39, 0.29) is 5.92 Å². The minimum absolute atomic E-state index is 0.121. The Morgan fingerprint density at radius 3 is 2.50 bits per heavy atom. The van der Waals surface area contributed by atoms with E-state index in [2.05, 4.69) is 20.8 Å². The molecule has 1 saturated carbocycles. The first-order valence-electron chi connectivity index (χ1n) is 5.40. The molecule has 0 heterocycles. The standard InChI is InChI=1S/C11H21NO2/c1-7(2)9-5-4-8(3)6-11(9,12)10(13)14/h7-9H,4-6,12H2,1-3H3,(H,13,14)/t8-,9+,11?/m0/s1. The Kier molecular flexibility index (Phi) is 3.20. The van der Waals surface area contributed by atoms with E-state index >= 15 is 0 Å². The predicted octanol–water partition coefficient (Wildman–Crippen LogP) is 1.86. The molecule has 1 rings (SSSR count). The average molecular weight is 199 g/mol. The van der Waals surface area contributed by atoms with E-state index in [1.54, 1.807) is 0 Å². The fraction of sp³-hybridized carbons (Fsp3) is 0.909. The molecule has 0 aromatic carbocycles. The Hall–Kier alpha value is -0.570. The van der Waals surface area contributed by atoms with Crippen molar-refractivity contribution in [2.75, 3.05) is 0 Å². The first-order valence-corrected chi connectivity index (χ1v) is 5.40. The molecule has 1 unspecified atom stereocenters. The van der Waals surface area contributed by atoms with Crippen molar-refractivity contribution in [1.82, 2.24) is 0 Å². The first-order chi connectivity index (χ1) is 6.38.